The van der Waals surface area contributed by atoms with Gasteiger partial charge in [-0.05, 0) is 25.0 Å². The molecule has 0 atom stereocenters. The second-order valence-corrected chi connectivity index (χ2v) is 5.72. The van der Waals surface area contributed by atoms with Crippen LogP contribution in [-0.4, -0.2) is 10.9 Å². The molecule has 1 N–H and O–H groups in total. The highest BCUT2D eigenvalue weighted by Gasteiger charge is 2.28. The molecule has 0 fully saturated rings. The van der Waals surface area contributed by atoms with Crippen molar-refractivity contribution in [2.24, 2.45) is 0 Å². The van der Waals surface area contributed by atoms with E-state index >= 15 is 0 Å². The molecule has 0 aliphatic heterocycles. The monoisotopic (exact) mass is 281 g/mol. The van der Waals surface area contributed by atoms with Crippen LogP contribution in [0.25, 0.3) is 0 Å². The van der Waals surface area contributed by atoms with Crippen molar-refractivity contribution in [3.8, 4) is 0 Å². The average Bonchev–Trinajstić information content (AvgIpc) is 2.44. The Balaban J connectivity index is 2.68. The topological polar surface area (TPSA) is 29.1 Å². The Morgan fingerprint density at radius 1 is 1.11 bits per heavy atom. The van der Waals surface area contributed by atoms with Crippen LogP contribution in [0.4, 0.5) is 0 Å². The normalized spacial score (nSPS) is 11.3. The highest BCUT2D eigenvalue weighted by molar-refractivity contribution is 6.25. The third-order valence-electron chi connectivity index (χ3n) is 3.23. The zero-order valence-corrected chi connectivity index (χ0v) is 12.7. The Hall–Kier alpha value is -1.02. The molecular formula is C16H24ClNO. The number of hydrogen-bond acceptors (Lipinski definition) is 1. The van der Waals surface area contributed by atoms with Crippen LogP contribution < -0.4 is 5.32 Å². The maximum Gasteiger partial charge on any atom is 0.252 e. The van der Waals surface area contributed by atoms with E-state index in [2.05, 4.69) is 19.2 Å². The minimum atomic E-state index is -0.598. The van der Waals surface area contributed by atoms with Crippen molar-refractivity contribution in [1.29, 1.82) is 0 Å². The molecular weight excluding hydrogens is 258 g/mol. The van der Waals surface area contributed by atoms with Crippen LogP contribution in [0.2, 0.25) is 0 Å². The first-order valence-corrected chi connectivity index (χ1v) is 7.55. The average molecular weight is 282 g/mol. The number of carbonyl (C=O) groups is 1. The minimum Gasteiger partial charge on any atom is -0.333 e. The van der Waals surface area contributed by atoms with Crippen LogP contribution in [-0.2, 0) is 0 Å². The summed E-state index contributed by atoms with van der Waals surface area (Å²) in [5.41, 5.74) is 0.667. The van der Waals surface area contributed by atoms with Gasteiger partial charge in [0.05, 0.1) is 0 Å². The maximum atomic E-state index is 12.2. The fraction of sp³-hybridized carbons (Fsp3) is 0.562. The lowest BCUT2D eigenvalue weighted by Crippen LogP contribution is -2.43. The Labute approximate surface area is 121 Å². The first kappa shape index (κ1) is 16.0. The van der Waals surface area contributed by atoms with E-state index in [9.17, 15) is 4.79 Å². The lowest BCUT2D eigenvalue weighted by molar-refractivity contribution is 0.0920. The van der Waals surface area contributed by atoms with Gasteiger partial charge in [0, 0.05) is 5.56 Å². The van der Waals surface area contributed by atoms with Crippen LogP contribution in [0.3, 0.4) is 0 Å². The van der Waals surface area contributed by atoms with E-state index in [1.54, 1.807) is 0 Å². The number of unbranched alkanes of at least 4 members (excludes halogenated alkanes) is 2. The lowest BCUT2D eigenvalue weighted by Gasteiger charge is -2.28. The van der Waals surface area contributed by atoms with Crippen molar-refractivity contribution in [3.05, 3.63) is 35.9 Å². The summed E-state index contributed by atoms with van der Waals surface area (Å²) in [5.74, 6) is -0.0807. The van der Waals surface area contributed by atoms with Gasteiger partial charge in [0.2, 0.25) is 0 Å². The van der Waals surface area contributed by atoms with Crippen molar-refractivity contribution in [3.63, 3.8) is 0 Å². The van der Waals surface area contributed by atoms with Crippen molar-refractivity contribution >= 4 is 17.5 Å². The summed E-state index contributed by atoms with van der Waals surface area (Å²) in [6.07, 6.45) is 5.88. The molecule has 0 aliphatic carbocycles. The molecule has 0 heterocycles. The number of nitrogens with one attached hydrogen (secondary N) is 1. The molecule has 1 amide bonds. The molecule has 1 aromatic rings. The molecule has 0 saturated carbocycles. The highest BCUT2D eigenvalue weighted by atomic mass is 35.5. The maximum absolute atomic E-state index is 12.2. The van der Waals surface area contributed by atoms with Crippen LogP contribution >= 0.6 is 11.6 Å². The van der Waals surface area contributed by atoms with Crippen molar-refractivity contribution in [1.82, 2.24) is 5.32 Å². The van der Waals surface area contributed by atoms with E-state index in [0.717, 1.165) is 38.5 Å². The summed E-state index contributed by atoms with van der Waals surface area (Å²) < 4.78 is 0. The molecule has 0 aliphatic rings. The van der Waals surface area contributed by atoms with E-state index in [1.807, 2.05) is 30.3 Å². The Morgan fingerprint density at radius 3 is 2.11 bits per heavy atom. The van der Waals surface area contributed by atoms with Crippen molar-refractivity contribution < 1.29 is 4.79 Å². The van der Waals surface area contributed by atoms with Gasteiger partial charge in [-0.1, -0.05) is 69.3 Å². The Bertz CT molecular complexity index is 370. The Morgan fingerprint density at radius 2 is 1.63 bits per heavy atom. The highest BCUT2D eigenvalue weighted by Crippen LogP contribution is 2.26. The molecule has 3 heteroatoms. The molecule has 0 spiro atoms. The van der Waals surface area contributed by atoms with Gasteiger partial charge in [0.25, 0.3) is 5.91 Å². The minimum absolute atomic E-state index is 0.0807. The van der Waals surface area contributed by atoms with E-state index < -0.39 is 5.00 Å². The molecule has 0 aromatic heterocycles. The summed E-state index contributed by atoms with van der Waals surface area (Å²) in [7, 11) is 0. The van der Waals surface area contributed by atoms with Crippen molar-refractivity contribution in [2.75, 3.05) is 0 Å². The van der Waals surface area contributed by atoms with Gasteiger partial charge in [-0.25, -0.2) is 0 Å². The quantitative estimate of drug-likeness (QED) is 0.541. The summed E-state index contributed by atoms with van der Waals surface area (Å²) in [4.78, 5) is 11.6. The molecule has 106 valence electrons. The summed E-state index contributed by atoms with van der Waals surface area (Å²) in [6.45, 7) is 4.27. The third-order valence-corrected chi connectivity index (χ3v) is 3.70. The molecule has 19 heavy (non-hydrogen) atoms. The first-order chi connectivity index (χ1) is 9.11. The van der Waals surface area contributed by atoms with Gasteiger partial charge in [-0.3, -0.25) is 4.79 Å². The number of benzene rings is 1. The zero-order chi connectivity index (χ0) is 14.1. The standard InChI is InChI=1S/C16H24ClNO/c1-3-5-12-16(17,13-6-4-2)18-15(19)14-10-8-7-9-11-14/h7-11H,3-6,12-13H2,1-2H3,(H,18,19). The molecule has 1 aromatic carbocycles. The van der Waals surface area contributed by atoms with Crippen LogP contribution in [0, 0.1) is 0 Å². The number of alkyl halides is 1. The van der Waals surface area contributed by atoms with Gasteiger partial charge in [-0.15, -0.1) is 0 Å². The number of hydrogen-bond donors (Lipinski definition) is 1. The predicted molar refractivity (Wildman–Crippen MR) is 81.5 cm³/mol. The van der Waals surface area contributed by atoms with Gasteiger partial charge in [0.15, 0.2) is 0 Å². The number of amides is 1. The largest absolute Gasteiger partial charge is 0.333 e. The van der Waals surface area contributed by atoms with Gasteiger partial charge in [0.1, 0.15) is 5.00 Å². The molecule has 1 rings (SSSR count). The molecule has 2 nitrogen and oxygen atoms in total. The number of rotatable bonds is 8. The third kappa shape index (κ3) is 5.65. The SMILES string of the molecule is CCCCC(Cl)(CCCC)NC(=O)c1ccccc1. The second kappa shape index (κ2) is 8.21. The number of carbonyl (C=O) groups excluding carboxylic acids is 1. The molecule has 0 saturated heterocycles. The van der Waals surface area contributed by atoms with Crippen LogP contribution in [0.5, 0.6) is 0 Å². The summed E-state index contributed by atoms with van der Waals surface area (Å²) in [6, 6.07) is 9.25. The van der Waals surface area contributed by atoms with E-state index in [1.165, 1.54) is 0 Å². The van der Waals surface area contributed by atoms with Gasteiger partial charge >= 0.3 is 0 Å². The van der Waals surface area contributed by atoms with Gasteiger partial charge in [-0.2, -0.15) is 0 Å². The van der Waals surface area contributed by atoms with E-state index in [-0.39, 0.29) is 5.91 Å². The summed E-state index contributed by atoms with van der Waals surface area (Å²) in [5, 5.41) is 3.01. The zero-order valence-electron chi connectivity index (χ0n) is 11.9. The smallest absolute Gasteiger partial charge is 0.252 e. The Kier molecular flexibility index (Phi) is 6.93. The first-order valence-electron chi connectivity index (χ1n) is 7.18. The van der Waals surface area contributed by atoms with Crippen LogP contribution in [0.15, 0.2) is 30.3 Å². The van der Waals surface area contributed by atoms with E-state index in [0.29, 0.717) is 5.56 Å². The van der Waals surface area contributed by atoms with E-state index in [4.69, 9.17) is 11.6 Å². The van der Waals surface area contributed by atoms with Gasteiger partial charge < -0.3 is 5.32 Å². The molecule has 0 radical (unpaired) electrons. The summed E-state index contributed by atoms with van der Waals surface area (Å²) >= 11 is 6.61. The van der Waals surface area contributed by atoms with Crippen molar-refractivity contribution in [2.45, 2.75) is 57.4 Å². The molecule has 0 bridgehead atoms. The van der Waals surface area contributed by atoms with Crippen LogP contribution in [0.1, 0.15) is 62.7 Å². The second-order valence-electron chi connectivity index (χ2n) is 4.99. The predicted octanol–water partition coefficient (Wildman–Crippen LogP) is 4.73. The fourth-order valence-corrected chi connectivity index (χ4v) is 2.38. The lowest BCUT2D eigenvalue weighted by atomic mass is 10.0. The number of halogens is 1. The molecule has 0 unspecified atom stereocenters. The fourth-order valence-electron chi connectivity index (χ4n) is 2.03.